The van der Waals surface area contributed by atoms with Crippen LogP contribution in [0.15, 0.2) is 0 Å². The van der Waals surface area contributed by atoms with E-state index < -0.39 is 5.97 Å². The van der Waals surface area contributed by atoms with Crippen LogP contribution in [0, 0.1) is 0 Å². The third-order valence-electron chi connectivity index (χ3n) is 0.699. The Morgan fingerprint density at radius 3 is 2.20 bits per heavy atom. The first kappa shape index (κ1) is 12.8. The molecular weight excluding hydrogens is 143 g/mol. The Labute approximate surface area is 82.4 Å². The zero-order chi connectivity index (χ0) is 7.28. The summed E-state index contributed by atoms with van der Waals surface area (Å²) in [5.41, 5.74) is 0. The van der Waals surface area contributed by atoms with Gasteiger partial charge >= 0.3 is 5.97 Å². The van der Waals surface area contributed by atoms with E-state index >= 15 is 0 Å². The molecule has 3 nitrogen and oxygen atoms in total. The Hall–Kier alpha value is 0.140. The van der Waals surface area contributed by atoms with Gasteiger partial charge in [-0.2, -0.15) is 0 Å². The fourth-order valence-corrected chi connectivity index (χ4v) is 0.415. The fourth-order valence-electron chi connectivity index (χ4n) is 0.415. The summed E-state index contributed by atoms with van der Waals surface area (Å²) in [7, 11) is 0. The average molecular weight is 153 g/mol. The van der Waals surface area contributed by atoms with Gasteiger partial charge in [0.15, 0.2) is 0 Å². The van der Waals surface area contributed by atoms with Crippen LogP contribution >= 0.6 is 0 Å². The van der Waals surface area contributed by atoms with Crippen molar-refractivity contribution in [2.24, 2.45) is 0 Å². The predicted molar refractivity (Wildman–Crippen MR) is 37.7 cm³/mol. The molecule has 0 spiro atoms. The van der Waals surface area contributed by atoms with Crippen LogP contribution in [0.3, 0.4) is 0 Å². The summed E-state index contributed by atoms with van der Waals surface area (Å²) in [5.74, 6) is -0.599. The van der Waals surface area contributed by atoms with Gasteiger partial charge in [-0.25, -0.2) is 0 Å². The van der Waals surface area contributed by atoms with Crippen molar-refractivity contribution >= 4 is 41.3 Å². The Kier molecular flexibility index (Phi) is 9.27. The summed E-state index contributed by atoms with van der Waals surface area (Å²) in [6, 6.07) is 0. The Bertz CT molecular complexity index is 122. The van der Waals surface area contributed by atoms with E-state index in [0.717, 1.165) is 0 Å². The molecule has 0 aromatic carbocycles. The van der Waals surface area contributed by atoms with Crippen LogP contribution in [0.1, 0.15) is 20.3 Å². The summed E-state index contributed by atoms with van der Waals surface area (Å²) in [4.78, 5) is 20.6. The predicted octanol–water partition coefficient (Wildman–Crippen LogP) is 0.148. The third kappa shape index (κ3) is 8.14. The van der Waals surface area contributed by atoms with Crippen molar-refractivity contribution in [2.45, 2.75) is 20.3 Å². The van der Waals surface area contributed by atoms with E-state index in [1.54, 1.807) is 6.92 Å². The number of Topliss-reactive ketones (excluding diaryl/α,β-unsaturated/α-hetero) is 1. The molecule has 0 atom stereocenters. The molecule has 0 aromatic rings. The Balaban J connectivity index is 0. The molecule has 4 heteroatoms. The minimum Gasteiger partial charge on any atom is -0.466 e. The fraction of sp³-hybridized carbons (Fsp3) is 0.667. The molecule has 10 heavy (non-hydrogen) atoms. The topological polar surface area (TPSA) is 43.4 Å². The van der Waals surface area contributed by atoms with E-state index in [2.05, 4.69) is 4.74 Å². The van der Waals surface area contributed by atoms with Crippen molar-refractivity contribution in [3.05, 3.63) is 0 Å². The SMILES string of the molecule is CCOC(=O)CC(C)=O.[Na]. The van der Waals surface area contributed by atoms with Gasteiger partial charge in [0, 0.05) is 29.6 Å². The van der Waals surface area contributed by atoms with Gasteiger partial charge in [-0.15, -0.1) is 0 Å². The number of carbonyl (C=O) groups is 2. The molecule has 0 bridgehead atoms. The summed E-state index contributed by atoms with van der Waals surface area (Å²) < 4.78 is 4.49. The second-order valence-corrected chi connectivity index (χ2v) is 1.68. The zero-order valence-electron chi connectivity index (χ0n) is 6.64. The molecule has 0 saturated carbocycles. The van der Waals surface area contributed by atoms with Crippen LogP contribution in [-0.2, 0) is 14.3 Å². The van der Waals surface area contributed by atoms with Gasteiger partial charge in [0.1, 0.15) is 12.2 Å². The van der Waals surface area contributed by atoms with Gasteiger partial charge in [0.2, 0.25) is 0 Å². The summed E-state index contributed by atoms with van der Waals surface area (Å²) in [5, 5.41) is 0. The third-order valence-corrected chi connectivity index (χ3v) is 0.699. The maximum atomic E-state index is 10.4. The van der Waals surface area contributed by atoms with E-state index in [1.165, 1.54) is 6.92 Å². The summed E-state index contributed by atoms with van der Waals surface area (Å²) >= 11 is 0. The van der Waals surface area contributed by atoms with Gasteiger partial charge in [-0.3, -0.25) is 9.59 Å². The van der Waals surface area contributed by atoms with Crippen molar-refractivity contribution in [1.29, 1.82) is 0 Å². The molecule has 0 aliphatic rings. The molecule has 0 fully saturated rings. The largest absolute Gasteiger partial charge is 0.466 e. The van der Waals surface area contributed by atoms with Gasteiger partial charge < -0.3 is 4.74 Å². The average Bonchev–Trinajstić information content (AvgIpc) is 1.63. The second kappa shape index (κ2) is 7.25. The Morgan fingerprint density at radius 1 is 1.40 bits per heavy atom. The monoisotopic (exact) mass is 153 g/mol. The van der Waals surface area contributed by atoms with E-state index in [-0.39, 0.29) is 41.8 Å². The zero-order valence-corrected chi connectivity index (χ0v) is 8.64. The molecule has 0 saturated heterocycles. The van der Waals surface area contributed by atoms with Crippen LogP contribution in [0.4, 0.5) is 0 Å². The number of ether oxygens (including phenoxy) is 1. The molecule has 0 aromatic heterocycles. The first-order chi connectivity index (χ1) is 4.16. The van der Waals surface area contributed by atoms with Crippen molar-refractivity contribution in [3.8, 4) is 0 Å². The molecule has 0 rings (SSSR count). The van der Waals surface area contributed by atoms with Crippen LogP contribution < -0.4 is 0 Å². The first-order valence-electron chi connectivity index (χ1n) is 2.82. The minimum absolute atomic E-state index is 0. The second-order valence-electron chi connectivity index (χ2n) is 1.68. The number of esters is 1. The van der Waals surface area contributed by atoms with Gasteiger partial charge in [-0.05, 0) is 13.8 Å². The Morgan fingerprint density at radius 2 is 1.90 bits per heavy atom. The number of rotatable bonds is 3. The maximum absolute atomic E-state index is 10.4. The van der Waals surface area contributed by atoms with Gasteiger partial charge in [0.25, 0.3) is 0 Å². The number of hydrogen-bond donors (Lipinski definition) is 0. The summed E-state index contributed by atoms with van der Waals surface area (Å²) in [6.45, 7) is 3.40. The molecule has 0 unspecified atom stereocenters. The molecular formula is C6H10NaO3. The molecule has 0 heterocycles. The number of hydrogen-bond acceptors (Lipinski definition) is 3. The van der Waals surface area contributed by atoms with Crippen molar-refractivity contribution < 1.29 is 14.3 Å². The molecule has 53 valence electrons. The first-order valence-corrected chi connectivity index (χ1v) is 2.82. The van der Waals surface area contributed by atoms with E-state index in [9.17, 15) is 9.59 Å². The quantitative estimate of drug-likeness (QED) is 0.329. The van der Waals surface area contributed by atoms with E-state index in [4.69, 9.17) is 0 Å². The molecule has 0 N–H and O–H groups in total. The van der Waals surface area contributed by atoms with Crippen molar-refractivity contribution in [3.63, 3.8) is 0 Å². The standard InChI is InChI=1S/C6H10O3.Na/c1-3-9-6(8)4-5(2)7;/h3-4H2,1-2H3;. The van der Waals surface area contributed by atoms with Crippen LogP contribution in [0.2, 0.25) is 0 Å². The minimum atomic E-state index is -0.440. The smallest absolute Gasteiger partial charge is 0.313 e. The van der Waals surface area contributed by atoms with Crippen LogP contribution in [0.25, 0.3) is 0 Å². The number of ketones is 1. The number of carbonyl (C=O) groups excluding carboxylic acids is 2. The van der Waals surface area contributed by atoms with Gasteiger partial charge in [-0.1, -0.05) is 0 Å². The molecule has 0 aliphatic heterocycles. The summed E-state index contributed by atoms with van der Waals surface area (Å²) in [6.07, 6.45) is -0.103. The van der Waals surface area contributed by atoms with Gasteiger partial charge in [0.05, 0.1) is 6.61 Å². The molecule has 0 amide bonds. The van der Waals surface area contributed by atoms with E-state index in [1.807, 2.05) is 0 Å². The normalized spacial score (nSPS) is 7.80. The van der Waals surface area contributed by atoms with Crippen molar-refractivity contribution in [1.82, 2.24) is 0 Å². The maximum Gasteiger partial charge on any atom is 0.313 e. The molecule has 1 radical (unpaired) electrons. The van der Waals surface area contributed by atoms with Crippen LogP contribution in [-0.4, -0.2) is 47.9 Å². The van der Waals surface area contributed by atoms with Crippen molar-refractivity contribution in [2.75, 3.05) is 6.61 Å². The van der Waals surface area contributed by atoms with Crippen LogP contribution in [0.5, 0.6) is 0 Å². The molecule has 0 aliphatic carbocycles. The van der Waals surface area contributed by atoms with E-state index in [0.29, 0.717) is 6.61 Å².